The van der Waals surface area contributed by atoms with E-state index in [1.807, 2.05) is 0 Å². The maximum Gasteiger partial charge on any atom is 0.255 e. The zero-order chi connectivity index (χ0) is 15.4. The topological polar surface area (TPSA) is 89.3 Å². The first-order chi connectivity index (χ1) is 10.0. The molecule has 1 heterocycles. The van der Waals surface area contributed by atoms with Crippen LogP contribution in [0.25, 0.3) is 0 Å². The number of rotatable bonds is 4. The molecule has 0 spiro atoms. The van der Waals surface area contributed by atoms with Crippen LogP contribution in [0.2, 0.25) is 5.15 Å². The molecule has 0 aliphatic heterocycles. The lowest BCUT2D eigenvalue weighted by atomic mass is 10.2. The smallest absolute Gasteiger partial charge is 0.255 e. The molecule has 0 bridgehead atoms. The molecule has 1 aromatic heterocycles. The number of nitrogen functional groups attached to an aromatic ring is 1. The summed E-state index contributed by atoms with van der Waals surface area (Å²) in [5.74, 6) is 4.56. The predicted molar refractivity (Wildman–Crippen MR) is 78.0 cm³/mol. The van der Waals surface area contributed by atoms with E-state index in [2.05, 4.69) is 15.7 Å². The molecule has 2 aromatic rings. The van der Waals surface area contributed by atoms with E-state index < -0.39 is 11.7 Å². The molecule has 0 aliphatic carbocycles. The number of halogens is 2. The van der Waals surface area contributed by atoms with E-state index >= 15 is 0 Å². The Bertz CT molecular complexity index is 681. The zero-order valence-corrected chi connectivity index (χ0v) is 11.7. The summed E-state index contributed by atoms with van der Waals surface area (Å²) in [6.45, 7) is 0. The van der Waals surface area contributed by atoms with Crippen LogP contribution in [0.4, 0.5) is 15.9 Å². The summed E-state index contributed by atoms with van der Waals surface area (Å²) >= 11 is 5.79. The van der Waals surface area contributed by atoms with Crippen molar-refractivity contribution in [3.63, 3.8) is 0 Å². The normalized spacial score (nSPS) is 10.1. The molecular formula is C13H12ClFN4O2. The lowest BCUT2D eigenvalue weighted by Crippen LogP contribution is -2.14. The fourth-order valence-electron chi connectivity index (χ4n) is 1.64. The average Bonchev–Trinajstić information content (AvgIpc) is 2.48. The standard InChI is InChI=1S/C13H12ClFN4O2/c1-21-10-6-8(2-3-9(10)15)17-13(20)7-4-11(14)18-12(5-7)19-16/h2-6H,16H2,1H3,(H,17,20)(H,18,19). The third kappa shape index (κ3) is 3.59. The van der Waals surface area contributed by atoms with Crippen LogP contribution in [0, 0.1) is 5.82 Å². The van der Waals surface area contributed by atoms with Gasteiger partial charge in [0.1, 0.15) is 11.0 Å². The van der Waals surface area contributed by atoms with Crippen LogP contribution in [-0.2, 0) is 0 Å². The number of nitrogens with one attached hydrogen (secondary N) is 2. The van der Waals surface area contributed by atoms with Gasteiger partial charge in [-0.1, -0.05) is 11.6 Å². The number of nitrogens with zero attached hydrogens (tertiary/aromatic N) is 1. The first-order valence-electron chi connectivity index (χ1n) is 5.82. The van der Waals surface area contributed by atoms with E-state index in [0.29, 0.717) is 5.69 Å². The van der Waals surface area contributed by atoms with Crippen molar-refractivity contribution in [3.05, 3.63) is 46.9 Å². The molecule has 21 heavy (non-hydrogen) atoms. The fraction of sp³-hybridized carbons (Fsp3) is 0.0769. The Labute approximate surface area is 125 Å². The second-order valence-corrected chi connectivity index (χ2v) is 4.40. The summed E-state index contributed by atoms with van der Waals surface area (Å²) in [6.07, 6.45) is 0. The molecule has 1 amide bonds. The van der Waals surface area contributed by atoms with Gasteiger partial charge in [0, 0.05) is 17.3 Å². The van der Waals surface area contributed by atoms with Crippen molar-refractivity contribution in [2.24, 2.45) is 5.84 Å². The van der Waals surface area contributed by atoms with Crippen molar-refractivity contribution in [2.75, 3.05) is 17.9 Å². The number of anilines is 2. The van der Waals surface area contributed by atoms with Crippen molar-refractivity contribution in [2.45, 2.75) is 0 Å². The second-order valence-electron chi connectivity index (χ2n) is 4.01. The highest BCUT2D eigenvalue weighted by Crippen LogP contribution is 2.22. The van der Waals surface area contributed by atoms with E-state index in [1.54, 1.807) is 0 Å². The van der Waals surface area contributed by atoms with Gasteiger partial charge in [-0.05, 0) is 24.3 Å². The third-order valence-corrected chi connectivity index (χ3v) is 2.81. The van der Waals surface area contributed by atoms with Gasteiger partial charge in [0.2, 0.25) is 0 Å². The Morgan fingerprint density at radius 3 is 2.81 bits per heavy atom. The molecule has 0 fully saturated rings. The van der Waals surface area contributed by atoms with Crippen molar-refractivity contribution in [1.82, 2.24) is 4.98 Å². The largest absolute Gasteiger partial charge is 0.494 e. The van der Waals surface area contributed by atoms with E-state index in [4.69, 9.17) is 22.2 Å². The monoisotopic (exact) mass is 310 g/mol. The Kier molecular flexibility index (Phi) is 4.56. The number of amides is 1. The SMILES string of the molecule is COc1cc(NC(=O)c2cc(Cl)nc(NN)c2)ccc1F. The Morgan fingerprint density at radius 1 is 1.38 bits per heavy atom. The molecule has 110 valence electrons. The number of hydrazine groups is 1. The molecule has 0 unspecified atom stereocenters. The summed E-state index contributed by atoms with van der Waals surface area (Å²) in [5, 5.41) is 2.72. The van der Waals surface area contributed by atoms with Crippen molar-refractivity contribution in [3.8, 4) is 5.75 Å². The van der Waals surface area contributed by atoms with Gasteiger partial charge in [0.15, 0.2) is 11.6 Å². The van der Waals surface area contributed by atoms with E-state index in [0.717, 1.165) is 0 Å². The average molecular weight is 311 g/mol. The summed E-state index contributed by atoms with van der Waals surface area (Å²) in [5.41, 5.74) is 2.95. The minimum Gasteiger partial charge on any atom is -0.494 e. The van der Waals surface area contributed by atoms with E-state index in [9.17, 15) is 9.18 Å². The molecule has 0 saturated carbocycles. The van der Waals surface area contributed by atoms with Crippen LogP contribution in [0.3, 0.4) is 0 Å². The van der Waals surface area contributed by atoms with Gasteiger partial charge >= 0.3 is 0 Å². The van der Waals surface area contributed by atoms with Crippen molar-refractivity contribution >= 4 is 29.0 Å². The van der Waals surface area contributed by atoms with Gasteiger partial charge in [-0.25, -0.2) is 15.2 Å². The number of carbonyl (C=O) groups excluding carboxylic acids is 1. The lowest BCUT2D eigenvalue weighted by Gasteiger charge is -2.09. The van der Waals surface area contributed by atoms with Crippen LogP contribution in [0.5, 0.6) is 5.75 Å². The molecule has 2 rings (SSSR count). The molecule has 6 nitrogen and oxygen atoms in total. The van der Waals surface area contributed by atoms with Crippen LogP contribution in [0.1, 0.15) is 10.4 Å². The van der Waals surface area contributed by atoms with Crippen LogP contribution in [0.15, 0.2) is 30.3 Å². The number of pyridine rings is 1. The van der Waals surface area contributed by atoms with Gasteiger partial charge in [0.05, 0.1) is 7.11 Å². The van der Waals surface area contributed by atoms with Crippen LogP contribution in [-0.4, -0.2) is 18.0 Å². The Morgan fingerprint density at radius 2 is 2.14 bits per heavy atom. The molecular weight excluding hydrogens is 299 g/mol. The first-order valence-corrected chi connectivity index (χ1v) is 6.20. The number of hydrogen-bond acceptors (Lipinski definition) is 5. The maximum atomic E-state index is 13.3. The molecule has 8 heteroatoms. The predicted octanol–water partition coefficient (Wildman–Crippen LogP) is 2.42. The van der Waals surface area contributed by atoms with Crippen molar-refractivity contribution < 1.29 is 13.9 Å². The minimum absolute atomic E-state index is 0.0323. The zero-order valence-electron chi connectivity index (χ0n) is 11.0. The summed E-state index contributed by atoms with van der Waals surface area (Å²) in [6, 6.07) is 6.81. The molecule has 1 aromatic carbocycles. The van der Waals surface area contributed by atoms with E-state index in [1.165, 1.54) is 37.4 Å². The first kappa shape index (κ1) is 15.0. The summed E-state index contributed by atoms with van der Waals surface area (Å²) in [4.78, 5) is 16.0. The molecule has 0 radical (unpaired) electrons. The van der Waals surface area contributed by atoms with Crippen LogP contribution >= 0.6 is 11.6 Å². The fourth-order valence-corrected chi connectivity index (χ4v) is 1.85. The Balaban J connectivity index is 2.23. The number of carbonyl (C=O) groups is 1. The van der Waals surface area contributed by atoms with Gasteiger partial charge in [-0.15, -0.1) is 0 Å². The number of benzene rings is 1. The quantitative estimate of drug-likeness (QED) is 0.458. The summed E-state index contributed by atoms with van der Waals surface area (Å²) in [7, 11) is 1.34. The highest BCUT2D eigenvalue weighted by molar-refractivity contribution is 6.30. The summed E-state index contributed by atoms with van der Waals surface area (Å²) < 4.78 is 18.1. The molecule has 0 saturated heterocycles. The van der Waals surface area contributed by atoms with E-state index in [-0.39, 0.29) is 22.3 Å². The number of aromatic nitrogens is 1. The third-order valence-electron chi connectivity index (χ3n) is 2.61. The van der Waals surface area contributed by atoms with Gasteiger partial charge < -0.3 is 15.5 Å². The number of hydrogen-bond donors (Lipinski definition) is 3. The van der Waals surface area contributed by atoms with Crippen LogP contribution < -0.4 is 21.3 Å². The molecule has 0 atom stereocenters. The second kappa shape index (κ2) is 6.38. The molecule has 0 aliphatic rings. The number of nitrogens with two attached hydrogens (primary N) is 1. The minimum atomic E-state index is -0.517. The Hall–Kier alpha value is -2.38. The number of ether oxygens (including phenoxy) is 1. The van der Waals surface area contributed by atoms with Crippen molar-refractivity contribution in [1.29, 1.82) is 0 Å². The van der Waals surface area contributed by atoms with Gasteiger partial charge in [-0.2, -0.15) is 0 Å². The van der Waals surface area contributed by atoms with Gasteiger partial charge in [0.25, 0.3) is 5.91 Å². The lowest BCUT2D eigenvalue weighted by molar-refractivity contribution is 0.102. The number of methoxy groups -OCH3 is 1. The maximum absolute atomic E-state index is 13.3. The highest BCUT2D eigenvalue weighted by Gasteiger charge is 2.11. The molecule has 4 N–H and O–H groups in total. The van der Waals surface area contributed by atoms with Gasteiger partial charge in [-0.3, -0.25) is 4.79 Å². The highest BCUT2D eigenvalue weighted by atomic mass is 35.5.